The third kappa shape index (κ3) is 4.74. The fourth-order valence-corrected chi connectivity index (χ4v) is 3.39. The lowest BCUT2D eigenvalue weighted by Crippen LogP contribution is -2.52. The second-order valence-corrected chi connectivity index (χ2v) is 6.99. The van der Waals surface area contributed by atoms with Crippen molar-refractivity contribution in [1.82, 2.24) is 4.90 Å². The first-order chi connectivity index (χ1) is 9.27. The summed E-state index contributed by atoms with van der Waals surface area (Å²) >= 11 is 0. The standard InChI is InChI=1S/C16H32N2O2/c1-12(2)11-18(14-8-6-7-9-14)13(3)10-16(4,17)15(19)20-5/h12-14H,6-11,17H2,1-5H3. The zero-order valence-corrected chi connectivity index (χ0v) is 13.8. The summed E-state index contributed by atoms with van der Waals surface area (Å²) < 4.78 is 4.82. The molecule has 1 saturated carbocycles. The van der Waals surface area contributed by atoms with Crippen molar-refractivity contribution in [2.75, 3.05) is 13.7 Å². The van der Waals surface area contributed by atoms with Gasteiger partial charge in [0.15, 0.2) is 0 Å². The summed E-state index contributed by atoms with van der Waals surface area (Å²) in [5.41, 5.74) is 5.24. The molecule has 0 saturated heterocycles. The van der Waals surface area contributed by atoms with E-state index in [0.717, 1.165) is 6.54 Å². The molecule has 1 fully saturated rings. The molecule has 118 valence electrons. The van der Waals surface area contributed by atoms with Crippen LogP contribution in [0.25, 0.3) is 0 Å². The second kappa shape index (κ2) is 7.41. The van der Waals surface area contributed by atoms with Crippen LogP contribution in [0.15, 0.2) is 0 Å². The summed E-state index contributed by atoms with van der Waals surface area (Å²) in [4.78, 5) is 14.3. The molecule has 0 aromatic carbocycles. The van der Waals surface area contributed by atoms with Gasteiger partial charge in [0.1, 0.15) is 5.54 Å². The number of carbonyl (C=O) groups is 1. The predicted octanol–water partition coefficient (Wildman–Crippen LogP) is 2.56. The van der Waals surface area contributed by atoms with Crippen LogP contribution < -0.4 is 5.73 Å². The van der Waals surface area contributed by atoms with E-state index in [1.165, 1.54) is 32.8 Å². The van der Waals surface area contributed by atoms with E-state index in [4.69, 9.17) is 10.5 Å². The van der Waals surface area contributed by atoms with E-state index in [9.17, 15) is 4.79 Å². The van der Waals surface area contributed by atoms with Crippen molar-refractivity contribution in [3.63, 3.8) is 0 Å². The average molecular weight is 284 g/mol. The highest BCUT2D eigenvalue weighted by atomic mass is 16.5. The second-order valence-electron chi connectivity index (χ2n) is 6.99. The van der Waals surface area contributed by atoms with Crippen LogP contribution in [-0.4, -0.2) is 42.1 Å². The van der Waals surface area contributed by atoms with Gasteiger partial charge in [0.2, 0.25) is 0 Å². The highest BCUT2D eigenvalue weighted by Crippen LogP contribution is 2.28. The number of nitrogens with zero attached hydrogens (tertiary/aromatic N) is 1. The molecule has 20 heavy (non-hydrogen) atoms. The van der Waals surface area contributed by atoms with Crippen molar-refractivity contribution in [3.8, 4) is 0 Å². The molecular weight excluding hydrogens is 252 g/mol. The van der Waals surface area contributed by atoms with Gasteiger partial charge in [0, 0.05) is 18.6 Å². The quantitative estimate of drug-likeness (QED) is 0.730. The Morgan fingerprint density at radius 1 is 1.35 bits per heavy atom. The number of ether oxygens (including phenoxy) is 1. The van der Waals surface area contributed by atoms with Gasteiger partial charge in [-0.05, 0) is 39.0 Å². The van der Waals surface area contributed by atoms with Crippen molar-refractivity contribution < 1.29 is 9.53 Å². The largest absolute Gasteiger partial charge is 0.468 e. The Labute approximate surface area is 124 Å². The minimum absolute atomic E-state index is 0.301. The number of nitrogens with two attached hydrogens (primary N) is 1. The summed E-state index contributed by atoms with van der Waals surface area (Å²) in [6, 6.07) is 0.954. The lowest BCUT2D eigenvalue weighted by Gasteiger charge is -2.38. The van der Waals surface area contributed by atoms with Crippen molar-refractivity contribution in [3.05, 3.63) is 0 Å². The molecule has 0 heterocycles. The SMILES string of the molecule is COC(=O)C(C)(N)CC(C)N(CC(C)C)C1CCCC1. The van der Waals surface area contributed by atoms with Gasteiger partial charge < -0.3 is 10.5 Å². The Bertz CT molecular complexity index is 310. The Kier molecular flexibility index (Phi) is 6.46. The number of hydrogen-bond donors (Lipinski definition) is 1. The van der Waals surface area contributed by atoms with Gasteiger partial charge in [-0.3, -0.25) is 9.69 Å². The first-order valence-corrected chi connectivity index (χ1v) is 7.91. The van der Waals surface area contributed by atoms with Crippen LogP contribution in [0.5, 0.6) is 0 Å². The lowest BCUT2D eigenvalue weighted by atomic mass is 9.92. The van der Waals surface area contributed by atoms with E-state index in [1.54, 1.807) is 6.92 Å². The number of carbonyl (C=O) groups excluding carboxylic acids is 1. The highest BCUT2D eigenvalue weighted by molar-refractivity contribution is 5.79. The summed E-state index contributed by atoms with van der Waals surface area (Å²) in [6.07, 6.45) is 5.84. The molecule has 0 aromatic heterocycles. The maximum atomic E-state index is 11.8. The first kappa shape index (κ1) is 17.4. The van der Waals surface area contributed by atoms with Crippen molar-refractivity contribution >= 4 is 5.97 Å². The lowest BCUT2D eigenvalue weighted by molar-refractivity contribution is -0.147. The van der Waals surface area contributed by atoms with Crippen LogP contribution in [0.4, 0.5) is 0 Å². The maximum absolute atomic E-state index is 11.8. The van der Waals surface area contributed by atoms with Gasteiger partial charge in [0.25, 0.3) is 0 Å². The third-order valence-electron chi connectivity index (χ3n) is 4.31. The zero-order valence-electron chi connectivity index (χ0n) is 13.8. The van der Waals surface area contributed by atoms with E-state index in [0.29, 0.717) is 24.4 Å². The van der Waals surface area contributed by atoms with E-state index >= 15 is 0 Å². The van der Waals surface area contributed by atoms with Crippen molar-refractivity contribution in [2.24, 2.45) is 11.7 Å². The minimum atomic E-state index is -0.901. The summed E-state index contributed by atoms with van der Waals surface area (Å²) in [5.74, 6) is 0.306. The van der Waals surface area contributed by atoms with Crippen LogP contribution >= 0.6 is 0 Å². The number of methoxy groups -OCH3 is 1. The molecular formula is C16H32N2O2. The Balaban J connectivity index is 2.71. The van der Waals surface area contributed by atoms with Crippen LogP contribution in [0.2, 0.25) is 0 Å². The van der Waals surface area contributed by atoms with Gasteiger partial charge in [-0.15, -0.1) is 0 Å². The molecule has 1 aliphatic carbocycles. The van der Waals surface area contributed by atoms with E-state index < -0.39 is 5.54 Å². The fourth-order valence-electron chi connectivity index (χ4n) is 3.39. The molecule has 2 unspecified atom stereocenters. The summed E-state index contributed by atoms with van der Waals surface area (Å²) in [5, 5.41) is 0. The third-order valence-corrected chi connectivity index (χ3v) is 4.31. The van der Waals surface area contributed by atoms with Crippen LogP contribution in [0.3, 0.4) is 0 Å². The fraction of sp³-hybridized carbons (Fsp3) is 0.938. The Morgan fingerprint density at radius 2 is 1.90 bits per heavy atom. The smallest absolute Gasteiger partial charge is 0.325 e. The van der Waals surface area contributed by atoms with Crippen molar-refractivity contribution in [1.29, 1.82) is 0 Å². The minimum Gasteiger partial charge on any atom is -0.468 e. The Morgan fingerprint density at radius 3 is 2.35 bits per heavy atom. The summed E-state index contributed by atoms with van der Waals surface area (Å²) in [6.45, 7) is 9.53. The van der Waals surface area contributed by atoms with Crippen molar-refractivity contribution in [2.45, 2.75) is 77.4 Å². The molecule has 1 aliphatic rings. The van der Waals surface area contributed by atoms with Gasteiger partial charge >= 0.3 is 5.97 Å². The number of esters is 1. The van der Waals surface area contributed by atoms with Gasteiger partial charge in [-0.25, -0.2) is 0 Å². The molecule has 4 nitrogen and oxygen atoms in total. The topological polar surface area (TPSA) is 55.6 Å². The number of hydrogen-bond acceptors (Lipinski definition) is 4. The van der Waals surface area contributed by atoms with E-state index in [-0.39, 0.29) is 5.97 Å². The van der Waals surface area contributed by atoms with Gasteiger partial charge in [0.05, 0.1) is 7.11 Å². The molecule has 0 bridgehead atoms. The maximum Gasteiger partial charge on any atom is 0.325 e. The van der Waals surface area contributed by atoms with Crippen LogP contribution in [0.1, 0.15) is 59.8 Å². The highest BCUT2D eigenvalue weighted by Gasteiger charge is 2.35. The molecule has 2 atom stereocenters. The zero-order chi connectivity index (χ0) is 15.3. The molecule has 0 spiro atoms. The van der Waals surface area contributed by atoms with Crippen LogP contribution in [0, 0.1) is 5.92 Å². The molecule has 0 amide bonds. The predicted molar refractivity (Wildman–Crippen MR) is 82.5 cm³/mol. The molecule has 0 radical (unpaired) electrons. The summed E-state index contributed by atoms with van der Waals surface area (Å²) in [7, 11) is 1.40. The first-order valence-electron chi connectivity index (χ1n) is 7.91. The Hall–Kier alpha value is -0.610. The molecule has 2 N–H and O–H groups in total. The number of rotatable bonds is 7. The van der Waals surface area contributed by atoms with Gasteiger partial charge in [-0.1, -0.05) is 26.7 Å². The molecule has 1 rings (SSSR count). The average Bonchev–Trinajstić information content (AvgIpc) is 2.87. The van der Waals surface area contributed by atoms with E-state index in [1.807, 2.05) is 0 Å². The van der Waals surface area contributed by atoms with Gasteiger partial charge in [-0.2, -0.15) is 0 Å². The normalized spacial score (nSPS) is 21.2. The molecule has 4 heteroatoms. The molecule has 0 aliphatic heterocycles. The van der Waals surface area contributed by atoms with E-state index in [2.05, 4.69) is 25.7 Å². The van der Waals surface area contributed by atoms with Crippen LogP contribution in [-0.2, 0) is 9.53 Å². The molecule has 0 aromatic rings. The monoisotopic (exact) mass is 284 g/mol.